The lowest BCUT2D eigenvalue weighted by Crippen LogP contribution is -2.12. The Morgan fingerprint density at radius 2 is 1.95 bits per heavy atom. The minimum atomic E-state index is 0.627. The maximum absolute atomic E-state index is 5.57. The van der Waals surface area contributed by atoms with E-state index in [-0.39, 0.29) is 0 Å². The van der Waals surface area contributed by atoms with Gasteiger partial charge in [-0.3, -0.25) is 4.98 Å². The van der Waals surface area contributed by atoms with E-state index in [1.807, 2.05) is 37.3 Å². The highest BCUT2D eigenvalue weighted by molar-refractivity contribution is 7.13. The van der Waals surface area contributed by atoms with Crippen molar-refractivity contribution in [3.8, 4) is 22.0 Å². The number of hydrogen-bond donors (Lipinski definition) is 2. The molecule has 0 unspecified atom stereocenters. The summed E-state index contributed by atoms with van der Waals surface area (Å²) < 4.78 is 0. The molecule has 1 aromatic carbocycles. The van der Waals surface area contributed by atoms with Gasteiger partial charge in [0.1, 0.15) is 5.82 Å². The van der Waals surface area contributed by atoms with Crippen LogP contribution in [-0.2, 0) is 0 Å². The van der Waals surface area contributed by atoms with Gasteiger partial charge in [0.05, 0.1) is 16.1 Å². The number of thiazole rings is 1. The first-order chi connectivity index (χ1) is 9.79. The Morgan fingerprint density at radius 1 is 1.15 bits per heavy atom. The predicted molar refractivity (Wildman–Crippen MR) is 81.1 cm³/mol. The Hall–Kier alpha value is -2.31. The molecule has 0 saturated heterocycles. The Bertz CT molecular complexity index is 710. The Labute approximate surface area is 120 Å². The van der Waals surface area contributed by atoms with Gasteiger partial charge in [0.25, 0.3) is 0 Å². The average Bonchev–Trinajstić information content (AvgIpc) is 3.03. The Morgan fingerprint density at radius 3 is 2.60 bits per heavy atom. The molecule has 0 bridgehead atoms. The number of rotatable bonds is 3. The number of hydrazine groups is 1. The fraction of sp³-hybridized carbons (Fsp3) is 0.0714. The molecule has 0 aliphatic heterocycles. The second kappa shape index (κ2) is 5.36. The molecule has 5 nitrogen and oxygen atoms in total. The first-order valence-electron chi connectivity index (χ1n) is 6.09. The Balaban J connectivity index is 2.21. The van der Waals surface area contributed by atoms with Gasteiger partial charge >= 0.3 is 0 Å². The van der Waals surface area contributed by atoms with E-state index in [9.17, 15) is 0 Å². The quantitative estimate of drug-likeness (QED) is 0.571. The van der Waals surface area contributed by atoms with Gasteiger partial charge in [-0.25, -0.2) is 15.8 Å². The monoisotopic (exact) mass is 283 g/mol. The summed E-state index contributed by atoms with van der Waals surface area (Å²) in [5, 5.41) is 0. The molecule has 0 aliphatic carbocycles. The van der Waals surface area contributed by atoms with Gasteiger partial charge in [0, 0.05) is 17.3 Å². The van der Waals surface area contributed by atoms with Crippen molar-refractivity contribution in [1.29, 1.82) is 0 Å². The molecule has 0 aliphatic rings. The van der Waals surface area contributed by atoms with Crippen molar-refractivity contribution in [2.75, 3.05) is 5.43 Å². The molecular weight excluding hydrogens is 270 g/mol. The molecule has 3 aromatic rings. The van der Waals surface area contributed by atoms with Crippen LogP contribution in [0.25, 0.3) is 22.0 Å². The first kappa shape index (κ1) is 12.7. The molecule has 6 heteroatoms. The molecule has 0 fully saturated rings. The molecule has 0 saturated carbocycles. The van der Waals surface area contributed by atoms with Gasteiger partial charge in [0.2, 0.25) is 0 Å². The van der Waals surface area contributed by atoms with Crippen molar-refractivity contribution in [2.45, 2.75) is 6.92 Å². The minimum absolute atomic E-state index is 0.627. The van der Waals surface area contributed by atoms with Crippen molar-refractivity contribution in [3.63, 3.8) is 0 Å². The van der Waals surface area contributed by atoms with E-state index in [1.54, 1.807) is 11.7 Å². The molecule has 0 atom stereocenters. The highest BCUT2D eigenvalue weighted by atomic mass is 32.1. The number of nitrogens with two attached hydrogens (primary N) is 1. The van der Waals surface area contributed by atoms with E-state index < -0.39 is 0 Å². The van der Waals surface area contributed by atoms with Gasteiger partial charge in [-0.05, 0) is 6.92 Å². The third-order valence-electron chi connectivity index (χ3n) is 2.98. The molecule has 100 valence electrons. The van der Waals surface area contributed by atoms with Crippen LogP contribution in [0.1, 0.15) is 5.56 Å². The molecule has 0 radical (unpaired) electrons. The summed E-state index contributed by atoms with van der Waals surface area (Å²) in [5.74, 6) is 6.82. The SMILES string of the molecule is Cc1c(NN)nc(-c2cncs2)nc1-c1ccccc1. The van der Waals surface area contributed by atoms with Crippen LogP contribution >= 0.6 is 11.3 Å². The van der Waals surface area contributed by atoms with Crippen LogP contribution in [0.3, 0.4) is 0 Å². The molecular formula is C14H13N5S. The maximum Gasteiger partial charge on any atom is 0.173 e. The third-order valence-corrected chi connectivity index (χ3v) is 3.75. The summed E-state index contributed by atoms with van der Waals surface area (Å²) in [6.07, 6.45) is 1.75. The van der Waals surface area contributed by atoms with E-state index in [4.69, 9.17) is 5.84 Å². The van der Waals surface area contributed by atoms with E-state index in [2.05, 4.69) is 20.4 Å². The standard InChI is InChI=1S/C14H13N5S/c1-9-12(10-5-3-2-4-6-10)17-14(18-13(9)19-15)11-7-16-8-20-11/h2-8H,15H2,1H3,(H,17,18,19). The van der Waals surface area contributed by atoms with Gasteiger partial charge < -0.3 is 5.43 Å². The van der Waals surface area contributed by atoms with Crippen LogP contribution in [-0.4, -0.2) is 15.0 Å². The van der Waals surface area contributed by atoms with E-state index in [0.717, 1.165) is 21.7 Å². The summed E-state index contributed by atoms with van der Waals surface area (Å²) in [4.78, 5) is 14.1. The number of nitrogens with zero attached hydrogens (tertiary/aromatic N) is 3. The van der Waals surface area contributed by atoms with Crippen LogP contribution in [0, 0.1) is 6.92 Å². The zero-order valence-corrected chi connectivity index (χ0v) is 11.7. The number of aromatic nitrogens is 3. The lowest BCUT2D eigenvalue weighted by atomic mass is 10.1. The fourth-order valence-electron chi connectivity index (χ4n) is 1.97. The van der Waals surface area contributed by atoms with E-state index in [1.165, 1.54) is 11.3 Å². The summed E-state index contributed by atoms with van der Waals surface area (Å²) >= 11 is 1.50. The second-order valence-electron chi connectivity index (χ2n) is 4.25. The largest absolute Gasteiger partial charge is 0.308 e. The van der Waals surface area contributed by atoms with Gasteiger partial charge in [-0.15, -0.1) is 11.3 Å². The molecule has 3 rings (SSSR count). The number of hydrogen-bond acceptors (Lipinski definition) is 6. The van der Waals surface area contributed by atoms with Crippen molar-refractivity contribution >= 4 is 17.2 Å². The second-order valence-corrected chi connectivity index (χ2v) is 5.13. The number of nitrogens with one attached hydrogen (secondary N) is 1. The highest BCUT2D eigenvalue weighted by Gasteiger charge is 2.13. The number of anilines is 1. The van der Waals surface area contributed by atoms with E-state index >= 15 is 0 Å². The summed E-state index contributed by atoms with van der Waals surface area (Å²) in [5.41, 5.74) is 7.23. The summed E-state index contributed by atoms with van der Waals surface area (Å²) in [6.45, 7) is 1.95. The average molecular weight is 283 g/mol. The fourth-order valence-corrected chi connectivity index (χ4v) is 2.52. The predicted octanol–water partition coefficient (Wildman–Crippen LogP) is 2.86. The molecule has 2 heterocycles. The van der Waals surface area contributed by atoms with Crippen LogP contribution in [0.4, 0.5) is 5.82 Å². The van der Waals surface area contributed by atoms with Crippen molar-refractivity contribution < 1.29 is 0 Å². The highest BCUT2D eigenvalue weighted by Crippen LogP contribution is 2.29. The first-order valence-corrected chi connectivity index (χ1v) is 6.97. The van der Waals surface area contributed by atoms with Crippen molar-refractivity contribution in [3.05, 3.63) is 47.6 Å². The lowest BCUT2D eigenvalue weighted by Gasteiger charge is -2.11. The van der Waals surface area contributed by atoms with Crippen LogP contribution in [0.15, 0.2) is 42.0 Å². The van der Waals surface area contributed by atoms with Crippen molar-refractivity contribution in [2.24, 2.45) is 5.84 Å². The normalized spacial score (nSPS) is 10.5. The molecule has 0 amide bonds. The van der Waals surface area contributed by atoms with Gasteiger partial charge in [-0.1, -0.05) is 30.3 Å². The zero-order valence-electron chi connectivity index (χ0n) is 10.9. The molecule has 0 spiro atoms. The van der Waals surface area contributed by atoms with Crippen LogP contribution < -0.4 is 11.3 Å². The van der Waals surface area contributed by atoms with Crippen LogP contribution in [0.2, 0.25) is 0 Å². The summed E-state index contributed by atoms with van der Waals surface area (Å²) in [6, 6.07) is 9.99. The smallest absolute Gasteiger partial charge is 0.173 e. The number of nitrogen functional groups attached to an aromatic ring is 1. The van der Waals surface area contributed by atoms with Gasteiger partial charge in [-0.2, -0.15) is 0 Å². The molecule has 20 heavy (non-hydrogen) atoms. The zero-order chi connectivity index (χ0) is 13.9. The Kier molecular flexibility index (Phi) is 3.41. The topological polar surface area (TPSA) is 76.7 Å². The lowest BCUT2D eigenvalue weighted by molar-refractivity contribution is 1.12. The minimum Gasteiger partial charge on any atom is -0.308 e. The maximum atomic E-state index is 5.57. The van der Waals surface area contributed by atoms with Crippen molar-refractivity contribution in [1.82, 2.24) is 15.0 Å². The van der Waals surface area contributed by atoms with Gasteiger partial charge in [0.15, 0.2) is 5.82 Å². The number of benzene rings is 1. The third kappa shape index (κ3) is 2.26. The molecule has 2 aromatic heterocycles. The molecule has 3 N–H and O–H groups in total. The van der Waals surface area contributed by atoms with E-state index in [0.29, 0.717) is 11.6 Å². The summed E-state index contributed by atoms with van der Waals surface area (Å²) in [7, 11) is 0. The van der Waals surface area contributed by atoms with Crippen LogP contribution in [0.5, 0.6) is 0 Å².